The number of para-hydroxylation sites is 1. The monoisotopic (exact) mass is 650 g/mol. The van der Waals surface area contributed by atoms with E-state index in [9.17, 15) is 27.9 Å². The lowest BCUT2D eigenvalue weighted by molar-refractivity contribution is -0.137. The SMILES string of the molecule is C[C@H](CO)N1C[C@H](C)[C@@H](CN(C)Cc2ccc(C(F)(F)F)cc2)Oc2ccc(NC(=O)Cc3cn(C)c4ccccc34)cc2CC1=O. The van der Waals surface area contributed by atoms with Crippen molar-refractivity contribution in [1.82, 2.24) is 14.4 Å². The minimum atomic E-state index is -4.40. The summed E-state index contributed by atoms with van der Waals surface area (Å²) in [5.41, 5.74) is 3.13. The van der Waals surface area contributed by atoms with Gasteiger partial charge in [-0.15, -0.1) is 0 Å². The predicted molar refractivity (Wildman–Crippen MR) is 175 cm³/mol. The number of halogens is 3. The average molecular weight is 651 g/mol. The van der Waals surface area contributed by atoms with Crippen LogP contribution in [0.5, 0.6) is 5.75 Å². The number of carbonyl (C=O) groups excluding carboxylic acids is 2. The minimum absolute atomic E-state index is 0.0214. The van der Waals surface area contributed by atoms with E-state index >= 15 is 0 Å². The number of alkyl halides is 3. The zero-order valence-electron chi connectivity index (χ0n) is 27.1. The van der Waals surface area contributed by atoms with Crippen LogP contribution in [-0.4, -0.2) is 70.2 Å². The number of fused-ring (bicyclic) bond motifs is 2. The average Bonchev–Trinajstić information content (AvgIpc) is 3.35. The van der Waals surface area contributed by atoms with Crippen LogP contribution >= 0.6 is 0 Å². The molecule has 3 aromatic carbocycles. The molecule has 2 heterocycles. The van der Waals surface area contributed by atoms with E-state index in [0.717, 1.165) is 34.2 Å². The fraction of sp³-hybridized carbons (Fsp3) is 0.389. The highest BCUT2D eigenvalue weighted by Gasteiger charge is 2.32. The Morgan fingerprint density at radius 3 is 2.55 bits per heavy atom. The van der Waals surface area contributed by atoms with E-state index < -0.39 is 17.8 Å². The summed E-state index contributed by atoms with van der Waals surface area (Å²) in [6.07, 6.45) is -2.63. The Balaban J connectivity index is 1.35. The highest BCUT2D eigenvalue weighted by molar-refractivity contribution is 5.96. The normalized spacial score (nSPS) is 17.9. The maximum Gasteiger partial charge on any atom is 0.416 e. The second-order valence-corrected chi connectivity index (χ2v) is 12.6. The molecule has 0 spiro atoms. The van der Waals surface area contributed by atoms with Gasteiger partial charge in [0.05, 0.1) is 31.1 Å². The van der Waals surface area contributed by atoms with Crippen molar-refractivity contribution in [2.75, 3.05) is 32.1 Å². The third kappa shape index (κ3) is 8.15. The highest BCUT2D eigenvalue weighted by Crippen LogP contribution is 2.31. The first-order chi connectivity index (χ1) is 22.3. The molecule has 0 fully saturated rings. The third-order valence-corrected chi connectivity index (χ3v) is 8.76. The van der Waals surface area contributed by atoms with Crippen LogP contribution in [0.15, 0.2) is 72.9 Å². The van der Waals surface area contributed by atoms with Gasteiger partial charge < -0.3 is 24.6 Å². The maximum absolute atomic E-state index is 13.6. The lowest BCUT2D eigenvalue weighted by Gasteiger charge is -2.34. The maximum atomic E-state index is 13.6. The van der Waals surface area contributed by atoms with Gasteiger partial charge in [0.2, 0.25) is 11.8 Å². The van der Waals surface area contributed by atoms with Crippen molar-refractivity contribution in [2.45, 2.75) is 51.6 Å². The van der Waals surface area contributed by atoms with Gasteiger partial charge in [0, 0.05) is 61.0 Å². The van der Waals surface area contributed by atoms with Gasteiger partial charge in [-0.1, -0.05) is 37.3 Å². The second kappa shape index (κ2) is 14.2. The molecule has 8 nitrogen and oxygen atoms in total. The van der Waals surface area contributed by atoms with Crippen LogP contribution in [0.4, 0.5) is 18.9 Å². The highest BCUT2D eigenvalue weighted by atomic mass is 19.4. The van der Waals surface area contributed by atoms with E-state index in [1.807, 2.05) is 60.9 Å². The molecule has 2 amide bonds. The largest absolute Gasteiger partial charge is 0.488 e. The summed E-state index contributed by atoms with van der Waals surface area (Å²) in [7, 11) is 3.81. The Kier molecular flexibility index (Phi) is 10.3. The summed E-state index contributed by atoms with van der Waals surface area (Å²) in [6, 6.07) is 17.9. The first kappa shape index (κ1) is 34.0. The molecule has 0 radical (unpaired) electrons. The quantitative estimate of drug-likeness (QED) is 0.244. The molecule has 0 unspecified atom stereocenters. The number of likely N-dealkylation sites (N-methyl/N-ethyl adjacent to an activating group) is 1. The van der Waals surface area contributed by atoms with E-state index in [2.05, 4.69) is 5.32 Å². The van der Waals surface area contributed by atoms with Crippen molar-refractivity contribution >= 4 is 28.4 Å². The van der Waals surface area contributed by atoms with Gasteiger partial charge in [0.25, 0.3) is 0 Å². The smallest absolute Gasteiger partial charge is 0.416 e. The number of hydrogen-bond donors (Lipinski definition) is 2. The number of aromatic nitrogens is 1. The third-order valence-electron chi connectivity index (χ3n) is 8.76. The molecule has 4 aromatic rings. The fourth-order valence-corrected chi connectivity index (χ4v) is 6.15. The van der Waals surface area contributed by atoms with E-state index in [0.29, 0.717) is 36.6 Å². The molecule has 250 valence electrons. The molecular weight excluding hydrogens is 609 g/mol. The van der Waals surface area contributed by atoms with Crippen molar-refractivity contribution < 1.29 is 32.6 Å². The Hall–Kier alpha value is -4.35. The fourth-order valence-electron chi connectivity index (χ4n) is 6.15. The molecule has 1 aliphatic heterocycles. The number of amides is 2. The lowest BCUT2D eigenvalue weighted by Crippen LogP contribution is -2.47. The number of nitrogens with zero attached hydrogens (tertiary/aromatic N) is 3. The number of rotatable bonds is 9. The predicted octanol–water partition coefficient (Wildman–Crippen LogP) is 5.66. The van der Waals surface area contributed by atoms with Crippen LogP contribution in [0.25, 0.3) is 10.9 Å². The number of carbonyl (C=O) groups is 2. The molecule has 0 saturated carbocycles. The molecule has 11 heteroatoms. The Morgan fingerprint density at radius 1 is 1.13 bits per heavy atom. The first-order valence-electron chi connectivity index (χ1n) is 15.7. The molecule has 2 N–H and O–H groups in total. The molecular formula is C36H41F3N4O4. The number of aliphatic hydroxyl groups is 1. The Bertz CT molecular complexity index is 1720. The standard InChI is InChI=1S/C36H41F3N4O4/c1-23-18-43(24(2)22-44)35(46)17-26-15-29(40-34(45)16-27-20-42(4)31-8-6-5-7-30(27)31)13-14-32(26)47-33(23)21-41(3)19-25-9-11-28(12-10-25)36(37,38)39/h5-15,20,23-24,33,44H,16-19,21-22H2,1-4H3,(H,40,45)/t23-,24+,33+/m0/s1. The molecule has 3 atom stereocenters. The number of nitrogens with one attached hydrogen (secondary N) is 1. The van der Waals surface area contributed by atoms with Gasteiger partial charge in [-0.2, -0.15) is 13.2 Å². The summed E-state index contributed by atoms with van der Waals surface area (Å²) >= 11 is 0. The number of benzene rings is 3. The zero-order chi connectivity index (χ0) is 33.9. The number of aliphatic hydroxyl groups excluding tert-OH is 1. The van der Waals surface area contributed by atoms with Crippen molar-refractivity contribution in [3.63, 3.8) is 0 Å². The van der Waals surface area contributed by atoms with Gasteiger partial charge in [-0.25, -0.2) is 0 Å². The van der Waals surface area contributed by atoms with Crippen LogP contribution < -0.4 is 10.1 Å². The number of hydrogen-bond acceptors (Lipinski definition) is 5. The van der Waals surface area contributed by atoms with Gasteiger partial charge in [-0.3, -0.25) is 14.5 Å². The molecule has 47 heavy (non-hydrogen) atoms. The molecule has 5 rings (SSSR count). The summed E-state index contributed by atoms with van der Waals surface area (Å²) in [5, 5.41) is 13.9. The van der Waals surface area contributed by atoms with Crippen LogP contribution in [0.1, 0.15) is 36.1 Å². The summed E-state index contributed by atoms with van der Waals surface area (Å²) in [4.78, 5) is 30.4. The molecule has 0 saturated heterocycles. The molecule has 1 aliphatic rings. The van der Waals surface area contributed by atoms with Gasteiger partial charge in [0.15, 0.2) is 0 Å². The summed E-state index contributed by atoms with van der Waals surface area (Å²) in [5.74, 6) is 0.0162. The number of anilines is 1. The van der Waals surface area contributed by atoms with Crippen molar-refractivity contribution in [3.05, 3.63) is 95.2 Å². The van der Waals surface area contributed by atoms with Crippen molar-refractivity contribution in [2.24, 2.45) is 13.0 Å². The van der Waals surface area contributed by atoms with Crippen LogP contribution in [0.2, 0.25) is 0 Å². The van der Waals surface area contributed by atoms with Crippen molar-refractivity contribution in [3.8, 4) is 5.75 Å². The summed E-state index contributed by atoms with van der Waals surface area (Å²) < 4.78 is 47.7. The summed E-state index contributed by atoms with van der Waals surface area (Å²) in [6.45, 7) is 4.75. The van der Waals surface area contributed by atoms with Gasteiger partial charge in [0.1, 0.15) is 11.9 Å². The lowest BCUT2D eigenvalue weighted by atomic mass is 10.0. The van der Waals surface area contributed by atoms with E-state index in [-0.39, 0.29) is 43.3 Å². The number of aryl methyl sites for hydroxylation is 1. The van der Waals surface area contributed by atoms with Crippen LogP contribution in [0, 0.1) is 5.92 Å². The van der Waals surface area contributed by atoms with E-state index in [1.165, 1.54) is 12.1 Å². The number of ether oxygens (including phenoxy) is 1. The Morgan fingerprint density at radius 2 is 1.85 bits per heavy atom. The molecule has 0 aliphatic carbocycles. The second-order valence-electron chi connectivity index (χ2n) is 12.6. The van der Waals surface area contributed by atoms with Crippen molar-refractivity contribution in [1.29, 1.82) is 0 Å². The van der Waals surface area contributed by atoms with Crippen LogP contribution in [0.3, 0.4) is 0 Å². The van der Waals surface area contributed by atoms with Crippen LogP contribution in [-0.2, 0) is 42.2 Å². The molecule has 1 aromatic heterocycles. The van der Waals surface area contributed by atoms with E-state index in [1.54, 1.807) is 30.0 Å². The topological polar surface area (TPSA) is 87.0 Å². The molecule has 0 bridgehead atoms. The minimum Gasteiger partial charge on any atom is -0.488 e. The van der Waals surface area contributed by atoms with Gasteiger partial charge in [-0.05, 0) is 61.5 Å². The first-order valence-corrected chi connectivity index (χ1v) is 15.7. The zero-order valence-corrected chi connectivity index (χ0v) is 27.1. The van der Waals surface area contributed by atoms with E-state index in [4.69, 9.17) is 4.74 Å². The van der Waals surface area contributed by atoms with Gasteiger partial charge >= 0.3 is 6.18 Å². The Labute approximate surface area is 272 Å².